The Morgan fingerprint density at radius 3 is 2.47 bits per heavy atom. The molecule has 1 unspecified atom stereocenters. The molecular formula is C59H67N5O10. The number of piperazine rings is 1. The number of aromatic hydroxyl groups is 1. The van der Waals surface area contributed by atoms with E-state index in [1.165, 1.54) is 29.2 Å². The lowest BCUT2D eigenvalue weighted by molar-refractivity contribution is -0.172. The quantitative estimate of drug-likeness (QED) is 0.0871. The van der Waals surface area contributed by atoms with Crippen molar-refractivity contribution in [3.05, 3.63) is 109 Å². The first-order chi connectivity index (χ1) is 35.6. The van der Waals surface area contributed by atoms with Crippen LogP contribution >= 0.6 is 0 Å². The number of hydrogen-bond donors (Lipinski definition) is 2. The number of phenolic OH excluding ortho intramolecular Hbond substituents is 1. The van der Waals surface area contributed by atoms with Crippen molar-refractivity contribution in [1.82, 2.24) is 19.4 Å². The van der Waals surface area contributed by atoms with Crippen LogP contribution in [0.2, 0.25) is 0 Å². The summed E-state index contributed by atoms with van der Waals surface area (Å²) in [5.41, 5.74) is 6.83. The van der Waals surface area contributed by atoms with Crippen molar-refractivity contribution >= 4 is 46.0 Å². The zero-order valence-electron chi connectivity index (χ0n) is 43.0. The molecule has 0 bridgehead atoms. The van der Waals surface area contributed by atoms with Crippen LogP contribution in [0.15, 0.2) is 76.1 Å². The van der Waals surface area contributed by atoms with Crippen molar-refractivity contribution in [1.29, 1.82) is 0 Å². The number of unbranched alkanes of at least 4 members (excludes halogenated alkanes) is 2. The molecule has 5 heterocycles. The van der Waals surface area contributed by atoms with E-state index >= 15 is 0 Å². The standard InChI is InChI=1S/C59H67N5O10/c1-5-58(72)48-30-51-55-38(31-64(51)56(70)47(48)33-73-57(58)71)28-45-46(52(68)19-18-50(45)60-55)32-62-23-25-63(26-24-62)53(69)9-7-6-8-22-61(4)39-13-10-36(11-14-39)44-29-49-42(20-21-59(49,34(2)65)74-35(3)66)43-16-12-37-27-40(67)15-17-41(37)54(43)44/h10-11,13-14,18-19,27-28,30,42-44,49,68,72H,5-9,12,15-17,20-26,29,31-33H2,1-4H3/t42-,43-,44+,49?,58-,59-/m0/s1. The van der Waals surface area contributed by atoms with Gasteiger partial charge in [0.2, 0.25) is 5.91 Å². The minimum Gasteiger partial charge on any atom is -0.508 e. The number of esters is 2. The van der Waals surface area contributed by atoms with Crippen LogP contribution in [0.5, 0.6) is 5.75 Å². The fourth-order valence-corrected chi connectivity index (χ4v) is 14.2. The van der Waals surface area contributed by atoms with E-state index in [0.717, 1.165) is 80.1 Å². The van der Waals surface area contributed by atoms with Crippen LogP contribution in [0.25, 0.3) is 22.3 Å². The number of rotatable bonds is 13. The number of pyridine rings is 2. The molecule has 15 nitrogen and oxygen atoms in total. The molecule has 15 heteroatoms. The van der Waals surface area contributed by atoms with Gasteiger partial charge in [0.05, 0.1) is 29.0 Å². The molecule has 2 aromatic heterocycles. The number of allylic oxidation sites excluding steroid dienone is 4. The number of aromatic nitrogens is 2. The molecule has 2 saturated carbocycles. The summed E-state index contributed by atoms with van der Waals surface area (Å²) < 4.78 is 12.8. The molecule has 388 valence electrons. The first-order valence-corrected chi connectivity index (χ1v) is 26.9. The van der Waals surface area contributed by atoms with Crippen molar-refractivity contribution in [3.8, 4) is 17.1 Å². The third kappa shape index (κ3) is 8.47. The van der Waals surface area contributed by atoms with Gasteiger partial charge in [-0.25, -0.2) is 9.78 Å². The van der Waals surface area contributed by atoms with E-state index in [9.17, 15) is 39.0 Å². The molecule has 2 aromatic carbocycles. The Balaban J connectivity index is 0.683. The molecule has 3 fully saturated rings. The Bertz CT molecular complexity index is 3130. The first-order valence-electron chi connectivity index (χ1n) is 26.9. The molecule has 4 aliphatic carbocycles. The summed E-state index contributed by atoms with van der Waals surface area (Å²) >= 11 is 0. The summed E-state index contributed by atoms with van der Waals surface area (Å²) in [4.78, 5) is 89.6. The highest BCUT2D eigenvalue weighted by Gasteiger charge is 2.60. The maximum atomic E-state index is 13.7. The number of ketones is 2. The number of anilines is 1. The van der Waals surface area contributed by atoms with Crippen LogP contribution in [0, 0.1) is 17.8 Å². The monoisotopic (exact) mass is 1010 g/mol. The van der Waals surface area contributed by atoms with Crippen molar-refractivity contribution in [2.45, 2.75) is 135 Å². The van der Waals surface area contributed by atoms with Crippen LogP contribution < -0.4 is 10.5 Å². The number of carbonyl (C=O) groups is 5. The summed E-state index contributed by atoms with van der Waals surface area (Å²) in [5, 5.41) is 23.2. The van der Waals surface area contributed by atoms with E-state index in [1.807, 2.05) is 17.0 Å². The van der Waals surface area contributed by atoms with Crippen LogP contribution in [0.1, 0.15) is 132 Å². The number of benzene rings is 2. The van der Waals surface area contributed by atoms with Gasteiger partial charge in [0.1, 0.15) is 12.4 Å². The second-order valence-corrected chi connectivity index (χ2v) is 22.1. The van der Waals surface area contributed by atoms with Crippen molar-refractivity contribution in [2.75, 3.05) is 44.7 Å². The molecule has 0 radical (unpaired) electrons. The van der Waals surface area contributed by atoms with Gasteiger partial charge in [-0.15, -0.1) is 0 Å². The molecular weight excluding hydrogens is 939 g/mol. The predicted molar refractivity (Wildman–Crippen MR) is 277 cm³/mol. The number of Topliss-reactive ketones (excluding diaryl/α,β-unsaturated/α-hetero) is 1. The first kappa shape index (κ1) is 49.7. The molecule has 2 N–H and O–H groups in total. The number of ether oxygens (including phenoxy) is 2. The van der Waals surface area contributed by atoms with E-state index in [2.05, 4.69) is 41.1 Å². The number of carbonyl (C=O) groups excluding carboxylic acids is 5. The SMILES string of the molecule is CC[C@@]1(O)C(=O)OCc2c1cc1n(c2=O)Cc2cc3c(CN4CCN(C(=O)CCCCCN(C)c5ccc([C@H]6CC7[C@@H](CC[C@]7(OC(C)=O)C(C)=O)[C@@H]7CCC8=CC(=O)CCC8=C76)cc5)CC4)c(O)ccc3nc2-1. The highest BCUT2D eigenvalue weighted by atomic mass is 16.6. The van der Waals surface area contributed by atoms with Crippen molar-refractivity contribution in [3.63, 3.8) is 0 Å². The zero-order valence-corrected chi connectivity index (χ0v) is 43.0. The fourth-order valence-electron chi connectivity index (χ4n) is 14.2. The van der Waals surface area contributed by atoms with E-state index in [1.54, 1.807) is 36.6 Å². The zero-order chi connectivity index (χ0) is 51.8. The largest absolute Gasteiger partial charge is 0.508 e. The smallest absolute Gasteiger partial charge is 0.343 e. The Labute approximate surface area is 431 Å². The van der Waals surface area contributed by atoms with Crippen LogP contribution in [-0.2, 0) is 58.7 Å². The summed E-state index contributed by atoms with van der Waals surface area (Å²) in [5.74, 6) is -0.159. The van der Waals surface area contributed by atoms with Gasteiger partial charge in [-0.3, -0.25) is 28.9 Å². The second kappa shape index (κ2) is 19.4. The Hall–Kier alpha value is -6.45. The molecule has 6 atom stereocenters. The van der Waals surface area contributed by atoms with Crippen molar-refractivity contribution in [2.24, 2.45) is 17.8 Å². The lowest BCUT2D eigenvalue weighted by atomic mass is 9.56. The number of phenols is 1. The second-order valence-electron chi connectivity index (χ2n) is 22.1. The summed E-state index contributed by atoms with van der Waals surface area (Å²) in [6, 6.07) is 15.9. The predicted octanol–water partition coefficient (Wildman–Crippen LogP) is 7.53. The van der Waals surface area contributed by atoms with Crippen molar-refractivity contribution < 1.29 is 43.7 Å². The molecule has 7 aliphatic rings. The minimum absolute atomic E-state index is 0.0573. The van der Waals surface area contributed by atoms with Crippen LogP contribution in [0.3, 0.4) is 0 Å². The van der Waals surface area contributed by atoms with Gasteiger partial charge in [-0.2, -0.15) is 0 Å². The molecule has 0 spiro atoms. The molecule has 1 saturated heterocycles. The highest BCUT2D eigenvalue weighted by molar-refractivity contribution is 5.93. The van der Waals surface area contributed by atoms with Crippen LogP contribution in [-0.4, -0.2) is 104 Å². The van der Waals surface area contributed by atoms with Gasteiger partial charge in [-0.05, 0) is 136 Å². The number of cyclic esters (lactones) is 1. The van der Waals surface area contributed by atoms with Crippen LogP contribution in [0.4, 0.5) is 5.69 Å². The number of hydrogen-bond acceptors (Lipinski definition) is 13. The van der Waals surface area contributed by atoms with Gasteiger partial charge >= 0.3 is 11.9 Å². The lowest BCUT2D eigenvalue weighted by Gasteiger charge is -2.49. The molecule has 1 amide bonds. The number of aliphatic hydroxyl groups is 1. The average Bonchev–Trinajstić information content (AvgIpc) is 3.97. The third-order valence-electron chi connectivity index (χ3n) is 18.1. The van der Waals surface area contributed by atoms with Gasteiger partial charge in [0.15, 0.2) is 22.8 Å². The molecule has 74 heavy (non-hydrogen) atoms. The highest BCUT2D eigenvalue weighted by Crippen LogP contribution is 2.62. The average molecular weight is 1010 g/mol. The topological polar surface area (TPSA) is 189 Å². The minimum atomic E-state index is -1.91. The molecule has 11 rings (SSSR count). The number of fused-ring (bicyclic) bond motifs is 9. The number of amides is 1. The summed E-state index contributed by atoms with van der Waals surface area (Å²) in [6.07, 6.45) is 10.3. The van der Waals surface area contributed by atoms with E-state index in [-0.39, 0.29) is 83.2 Å². The maximum Gasteiger partial charge on any atom is 0.343 e. The van der Waals surface area contributed by atoms with E-state index in [4.69, 9.17) is 14.5 Å². The Kier molecular flexibility index (Phi) is 13.0. The number of nitrogens with zero attached hydrogens (tertiary/aromatic N) is 5. The van der Waals surface area contributed by atoms with E-state index < -0.39 is 23.1 Å². The Morgan fingerprint density at radius 1 is 0.946 bits per heavy atom. The summed E-state index contributed by atoms with van der Waals surface area (Å²) in [6.45, 7) is 8.55. The maximum absolute atomic E-state index is 13.7. The normalized spacial score (nSPS) is 26.1. The Morgan fingerprint density at radius 2 is 1.73 bits per heavy atom. The lowest BCUT2D eigenvalue weighted by Crippen LogP contribution is -2.50. The third-order valence-corrected chi connectivity index (χ3v) is 18.1. The van der Waals surface area contributed by atoms with Gasteiger partial charge < -0.3 is 34.1 Å². The molecule has 3 aliphatic heterocycles. The summed E-state index contributed by atoms with van der Waals surface area (Å²) in [7, 11) is 2.10. The van der Waals surface area contributed by atoms with E-state index in [0.29, 0.717) is 68.9 Å². The molecule has 4 aromatic rings. The van der Waals surface area contributed by atoms with Gasteiger partial charge in [0.25, 0.3) is 5.56 Å². The van der Waals surface area contributed by atoms with Gasteiger partial charge in [0, 0.05) is 106 Å². The fraction of sp³-hybridized carbons (Fsp3) is 0.508. The van der Waals surface area contributed by atoms with Gasteiger partial charge in [-0.1, -0.05) is 31.1 Å².